The molecule has 0 aliphatic carbocycles. The fourth-order valence-electron chi connectivity index (χ4n) is 3.10. The number of rotatable bonds is 5. The highest BCUT2D eigenvalue weighted by Crippen LogP contribution is 2.21. The van der Waals surface area contributed by atoms with Crippen LogP contribution in [0.15, 0.2) is 64.3 Å². The number of benzene rings is 2. The van der Waals surface area contributed by atoms with Crippen molar-refractivity contribution in [1.82, 2.24) is 14.5 Å². The van der Waals surface area contributed by atoms with Crippen LogP contribution in [0.2, 0.25) is 0 Å². The minimum absolute atomic E-state index is 0.108. The minimum atomic E-state index is -0.661. The van der Waals surface area contributed by atoms with Gasteiger partial charge in [-0.05, 0) is 36.8 Å². The van der Waals surface area contributed by atoms with Gasteiger partial charge in [0.05, 0.1) is 16.6 Å². The van der Waals surface area contributed by atoms with Gasteiger partial charge in [-0.25, -0.2) is 13.8 Å². The van der Waals surface area contributed by atoms with E-state index in [1.54, 1.807) is 24.2 Å². The summed E-state index contributed by atoms with van der Waals surface area (Å²) in [7, 11) is 0. The number of H-pyrrole nitrogens is 1. The van der Waals surface area contributed by atoms with E-state index in [0.717, 1.165) is 4.57 Å². The van der Waals surface area contributed by atoms with Crippen LogP contribution in [-0.2, 0) is 6.61 Å². The fourth-order valence-corrected chi connectivity index (χ4v) is 3.10. The molecule has 0 fully saturated rings. The van der Waals surface area contributed by atoms with Crippen LogP contribution in [0.4, 0.5) is 10.1 Å². The van der Waals surface area contributed by atoms with Gasteiger partial charge in [-0.3, -0.25) is 9.78 Å². The molecule has 0 amide bonds. The number of nitrogens with one attached hydrogen (secondary N) is 2. The molecule has 0 atom stereocenters. The summed E-state index contributed by atoms with van der Waals surface area (Å²) in [6.45, 7) is 1.64. The molecule has 0 aliphatic rings. The lowest BCUT2D eigenvalue weighted by molar-refractivity contribution is -0.379. The van der Waals surface area contributed by atoms with Gasteiger partial charge in [-0.1, -0.05) is 6.07 Å². The number of aryl methyl sites for hydroxylation is 1. The van der Waals surface area contributed by atoms with Crippen molar-refractivity contribution in [3.05, 3.63) is 97.5 Å². The Kier molecular flexibility index (Phi) is 4.93. The molecule has 2 heterocycles. The highest BCUT2D eigenvalue weighted by molar-refractivity contribution is 5.80. The van der Waals surface area contributed by atoms with Crippen molar-refractivity contribution < 1.29 is 14.3 Å². The summed E-state index contributed by atoms with van der Waals surface area (Å²) in [6.07, 6.45) is 1.46. The second-order valence-corrected chi connectivity index (χ2v) is 6.60. The first-order chi connectivity index (χ1) is 14.5. The summed E-state index contributed by atoms with van der Waals surface area (Å²) in [5, 5.41) is 1.97. The van der Waals surface area contributed by atoms with Crippen molar-refractivity contribution in [1.29, 1.82) is 0 Å². The van der Waals surface area contributed by atoms with Crippen LogP contribution >= 0.6 is 0 Å². The molecule has 4 rings (SSSR count). The predicted octanol–water partition coefficient (Wildman–Crippen LogP) is 1.58. The summed E-state index contributed by atoms with van der Waals surface area (Å²) >= 11 is 0. The molecule has 4 aromatic rings. The third-order valence-electron chi connectivity index (χ3n) is 4.65. The summed E-state index contributed by atoms with van der Waals surface area (Å²) in [6, 6.07) is 12.0. The Morgan fingerprint density at radius 1 is 1.17 bits per heavy atom. The lowest BCUT2D eigenvalue weighted by Gasteiger charge is -2.12. The molecular formula is C21H16FN4O4+. The molecule has 2 aromatic carbocycles. The quantitative estimate of drug-likeness (QED) is 0.522. The van der Waals surface area contributed by atoms with Gasteiger partial charge in [0.1, 0.15) is 23.9 Å². The lowest BCUT2D eigenvalue weighted by atomic mass is 10.1. The predicted molar refractivity (Wildman–Crippen MR) is 107 cm³/mol. The molecule has 8 nitrogen and oxygen atoms in total. The number of aromatic amines is 1. The normalized spacial score (nSPS) is 10.9. The summed E-state index contributed by atoms with van der Waals surface area (Å²) in [4.78, 5) is 43.0. The monoisotopic (exact) mass is 407 g/mol. The van der Waals surface area contributed by atoms with E-state index in [9.17, 15) is 18.9 Å². The molecule has 30 heavy (non-hydrogen) atoms. The van der Waals surface area contributed by atoms with E-state index in [-0.39, 0.29) is 28.9 Å². The average Bonchev–Trinajstić information content (AvgIpc) is 2.74. The van der Waals surface area contributed by atoms with Crippen molar-refractivity contribution in [3.8, 4) is 11.4 Å². The first-order valence-corrected chi connectivity index (χ1v) is 8.98. The van der Waals surface area contributed by atoms with Crippen LogP contribution in [0.5, 0.6) is 5.75 Å². The van der Waals surface area contributed by atoms with Crippen LogP contribution < -0.4 is 21.2 Å². The lowest BCUT2D eigenvalue weighted by Crippen LogP contribution is -2.55. The topological polar surface area (TPSA) is 108 Å². The van der Waals surface area contributed by atoms with Crippen molar-refractivity contribution in [2.45, 2.75) is 13.5 Å². The van der Waals surface area contributed by atoms with Crippen LogP contribution in [0.25, 0.3) is 16.6 Å². The molecule has 0 spiro atoms. The zero-order chi connectivity index (χ0) is 21.3. The number of nitroso groups, excluding NO2 is 1. The van der Waals surface area contributed by atoms with Gasteiger partial charge in [0.2, 0.25) is 0 Å². The fraction of sp³-hybridized carbons (Fsp3) is 0.0952. The molecule has 9 heteroatoms. The van der Waals surface area contributed by atoms with E-state index in [1.165, 1.54) is 42.6 Å². The van der Waals surface area contributed by atoms with E-state index >= 15 is 0 Å². The van der Waals surface area contributed by atoms with Gasteiger partial charge in [-0.15, -0.1) is 0 Å². The molecule has 0 unspecified atom stereocenters. The molecular weight excluding hydrogens is 391 g/mol. The van der Waals surface area contributed by atoms with Gasteiger partial charge in [0, 0.05) is 34.5 Å². The molecule has 0 saturated carbocycles. The average molecular weight is 407 g/mol. The van der Waals surface area contributed by atoms with Crippen LogP contribution in [0.3, 0.4) is 0 Å². The Hall–Kier alpha value is -4.14. The summed E-state index contributed by atoms with van der Waals surface area (Å²) < 4.78 is 20.4. The number of nitrogens with zero attached hydrogens (tertiary/aromatic N) is 2. The highest BCUT2D eigenvalue weighted by atomic mass is 19.1. The van der Waals surface area contributed by atoms with Crippen molar-refractivity contribution >= 4 is 16.6 Å². The van der Waals surface area contributed by atoms with E-state index < -0.39 is 17.1 Å². The summed E-state index contributed by atoms with van der Waals surface area (Å²) in [5.74, 6) is -0.142. The molecule has 2 aromatic heterocycles. The number of hydrogen-bond donors (Lipinski definition) is 2. The maximum atomic E-state index is 13.8. The Morgan fingerprint density at radius 2 is 2.00 bits per heavy atom. The number of ether oxygens (including phenoxy) is 1. The van der Waals surface area contributed by atoms with Crippen LogP contribution in [-0.4, -0.2) is 14.5 Å². The third kappa shape index (κ3) is 3.48. The van der Waals surface area contributed by atoms with E-state index in [1.807, 2.05) is 0 Å². The van der Waals surface area contributed by atoms with E-state index in [2.05, 4.69) is 9.97 Å². The molecule has 150 valence electrons. The van der Waals surface area contributed by atoms with Crippen molar-refractivity contribution in [2.75, 3.05) is 0 Å². The molecule has 0 bridgehead atoms. The Morgan fingerprint density at radius 3 is 2.77 bits per heavy atom. The Labute approximate surface area is 168 Å². The van der Waals surface area contributed by atoms with E-state index in [0.29, 0.717) is 17.0 Å². The van der Waals surface area contributed by atoms with Gasteiger partial charge < -0.3 is 9.72 Å². The SMILES string of the molecule is Cc1ccc(OCc2ncccc2F)cc1-n1c(=O)[nH]c2cc([NH+]=O)ccc2c1=O. The molecule has 0 radical (unpaired) electrons. The van der Waals surface area contributed by atoms with Gasteiger partial charge in [0.25, 0.3) is 11.2 Å². The molecule has 0 saturated heterocycles. The number of hydrogen-bond acceptors (Lipinski definition) is 5. The number of pyridine rings is 1. The van der Waals surface area contributed by atoms with Crippen LogP contribution in [0, 0.1) is 17.6 Å². The third-order valence-corrected chi connectivity index (χ3v) is 4.65. The highest BCUT2D eigenvalue weighted by Gasteiger charge is 2.14. The smallest absolute Gasteiger partial charge is 0.333 e. The van der Waals surface area contributed by atoms with Gasteiger partial charge >= 0.3 is 5.69 Å². The second-order valence-electron chi connectivity index (χ2n) is 6.60. The zero-order valence-corrected chi connectivity index (χ0v) is 15.8. The number of fused-ring (bicyclic) bond motifs is 1. The Balaban J connectivity index is 1.77. The Bertz CT molecular complexity index is 1390. The summed E-state index contributed by atoms with van der Waals surface area (Å²) in [5.41, 5.74) is 0.405. The van der Waals surface area contributed by atoms with Crippen molar-refractivity contribution in [3.63, 3.8) is 0 Å². The van der Waals surface area contributed by atoms with Crippen LogP contribution in [0.1, 0.15) is 11.3 Å². The second kappa shape index (κ2) is 7.70. The van der Waals surface area contributed by atoms with E-state index in [4.69, 9.17) is 4.74 Å². The van der Waals surface area contributed by atoms with Crippen molar-refractivity contribution in [2.24, 2.45) is 0 Å². The molecule has 0 aliphatic heterocycles. The largest absolute Gasteiger partial charge is 0.487 e. The first kappa shape index (κ1) is 19.2. The first-order valence-electron chi connectivity index (χ1n) is 8.98. The number of aromatic nitrogens is 3. The maximum absolute atomic E-state index is 13.8. The standard InChI is InChI=1S/C21H15FN4O4/c1-12-4-6-14(30-11-18-16(22)3-2-8-23-18)10-19(12)26-20(27)15-7-5-13(25-29)9-17(15)24-21(26)28/h2-10H,11H2,1H3,(H,24,28)/p+1. The number of halogens is 1. The van der Waals surface area contributed by atoms with Gasteiger partial charge in [0.15, 0.2) is 0 Å². The van der Waals surface area contributed by atoms with Gasteiger partial charge in [-0.2, -0.15) is 0 Å². The zero-order valence-electron chi connectivity index (χ0n) is 15.8. The molecule has 2 N–H and O–H groups in total. The minimum Gasteiger partial charge on any atom is -0.487 e. The maximum Gasteiger partial charge on any atom is 0.333 e.